The van der Waals surface area contributed by atoms with Crippen molar-refractivity contribution in [3.63, 3.8) is 0 Å². The minimum atomic E-state index is -2.08. The van der Waals surface area contributed by atoms with Gasteiger partial charge in [-0.2, -0.15) is 10.5 Å². The number of benzene rings is 4. The van der Waals surface area contributed by atoms with Gasteiger partial charge in [-0.25, -0.2) is 19.3 Å². The lowest BCUT2D eigenvalue weighted by molar-refractivity contribution is -0.165. The molecular weight excluding hydrogens is 1310 g/mol. The van der Waals surface area contributed by atoms with Gasteiger partial charge < -0.3 is 38.5 Å². The predicted molar refractivity (Wildman–Crippen MR) is 408 cm³/mol. The van der Waals surface area contributed by atoms with E-state index in [1.807, 2.05) is 121 Å². The molecule has 8 aliphatic rings. The smallest absolute Gasteiger partial charge is 0.349 e. The number of carbonyl (C=O) groups excluding carboxylic acids is 4. The van der Waals surface area contributed by atoms with Gasteiger partial charge >= 0.3 is 23.9 Å². The molecule has 4 aromatic carbocycles. The van der Waals surface area contributed by atoms with Gasteiger partial charge in [0.05, 0.1) is 13.1 Å². The summed E-state index contributed by atoms with van der Waals surface area (Å²) in [5.74, 6) is -4.09. The number of nitrogens with zero attached hydrogens (tertiary/aromatic N) is 8. The number of carbonyl (C=O) groups is 4. The molecule has 0 amide bonds. The molecule has 4 fully saturated rings. The first kappa shape index (κ1) is 74.6. The van der Waals surface area contributed by atoms with Crippen LogP contribution in [0.5, 0.6) is 0 Å². The summed E-state index contributed by atoms with van der Waals surface area (Å²) in [6.45, 7) is 38.2. The second kappa shape index (κ2) is 31.7. The maximum absolute atomic E-state index is 15.7. The minimum absolute atomic E-state index is 0.258. The van der Waals surface area contributed by atoms with Crippen molar-refractivity contribution in [2.24, 2.45) is 27.1 Å². The fourth-order valence-electron chi connectivity index (χ4n) is 17.4. The molecule has 0 spiro atoms. The number of likely N-dealkylation sites (tertiary alicyclic amines) is 4. The van der Waals surface area contributed by atoms with Crippen LogP contribution in [0.4, 0.5) is 0 Å². The molecule has 0 N–H and O–H groups in total. The van der Waals surface area contributed by atoms with Crippen LogP contribution in [0, 0.1) is 62.9 Å². The molecular formula is C89H100N8O8. The number of hydrogen-bond donors (Lipinski definition) is 0. The third-order valence-corrected chi connectivity index (χ3v) is 22.2. The van der Waals surface area contributed by atoms with E-state index in [2.05, 4.69) is 96.8 Å². The Morgan fingerprint density at radius 2 is 0.581 bits per heavy atom. The van der Waals surface area contributed by atoms with Crippen LogP contribution in [0.1, 0.15) is 180 Å². The van der Waals surface area contributed by atoms with E-state index >= 15 is 19.2 Å². The van der Waals surface area contributed by atoms with Crippen LogP contribution in [0.15, 0.2) is 189 Å². The van der Waals surface area contributed by atoms with E-state index in [0.29, 0.717) is 73.7 Å². The lowest BCUT2D eigenvalue weighted by Gasteiger charge is -2.40. The van der Waals surface area contributed by atoms with Gasteiger partial charge in [-0.05, 0) is 180 Å². The zero-order valence-corrected chi connectivity index (χ0v) is 62.7. The molecule has 4 heterocycles. The molecule has 12 rings (SSSR count). The van der Waals surface area contributed by atoms with Crippen molar-refractivity contribution in [2.45, 2.75) is 158 Å². The highest BCUT2D eigenvalue weighted by molar-refractivity contribution is 6.02. The average molecular weight is 1410 g/mol. The monoisotopic (exact) mass is 1410 g/mol. The first-order valence-electron chi connectivity index (χ1n) is 37.8. The average Bonchev–Trinajstić information content (AvgIpc) is 1.68. The molecule has 0 aromatic heterocycles. The molecule has 4 aromatic rings. The fraction of sp³-hybridized carbons (Fsp3) is 0.461. The van der Waals surface area contributed by atoms with Crippen LogP contribution in [-0.4, -0.2) is 122 Å². The first-order chi connectivity index (χ1) is 50.4. The highest BCUT2D eigenvalue weighted by Gasteiger charge is 2.46. The molecule has 0 radical (unpaired) electrons. The van der Waals surface area contributed by atoms with Gasteiger partial charge in [0, 0.05) is 86.3 Å². The van der Waals surface area contributed by atoms with Gasteiger partial charge in [0.2, 0.25) is 0 Å². The van der Waals surface area contributed by atoms with Gasteiger partial charge in [-0.3, -0.25) is 9.59 Å². The number of ether oxygens (including phenoxy) is 4. The van der Waals surface area contributed by atoms with E-state index in [0.717, 1.165) is 171 Å². The molecule has 105 heavy (non-hydrogen) atoms. The molecule has 544 valence electrons. The third kappa shape index (κ3) is 16.7. The molecule has 0 atom stereocenters. The molecule has 16 nitrogen and oxygen atoms in total. The summed E-state index contributed by atoms with van der Waals surface area (Å²) in [5.41, 5.74) is 7.78. The molecule has 4 aliphatic carbocycles. The lowest BCUT2D eigenvalue weighted by Crippen LogP contribution is -2.44. The van der Waals surface area contributed by atoms with Crippen LogP contribution in [0.3, 0.4) is 0 Å². The Labute approximate surface area is 621 Å². The second-order valence-corrected chi connectivity index (χ2v) is 33.2. The van der Waals surface area contributed by atoms with E-state index < -0.39 is 77.4 Å². The topological polar surface area (TPSA) is 174 Å². The SMILES string of the molecule is [C-]#[N+]/C(C(=O)OCC(COC(=O)/C(C#N)=C1\CC(C)(C)CC(N2CCCC2)=C1c1ccccc1)(COC(=O)/C(C#N)=C1\CC(C)(C)CC(N2CCCC2)=C1c1ccccc1)COC(=O)/C([N+]#[C-])=C1/CC(C)(C)CC(N2CCCC2)=C1c1ccccc1)=C1/CC(C)(C)CC(N2CCCC2)=C1c1ccccc1. The Bertz CT molecular complexity index is 3880. The zero-order valence-electron chi connectivity index (χ0n) is 62.7. The highest BCUT2D eigenvalue weighted by Crippen LogP contribution is 2.54. The summed E-state index contributed by atoms with van der Waals surface area (Å²) in [6.07, 6.45) is 12.0. The van der Waals surface area contributed by atoms with E-state index in [4.69, 9.17) is 32.1 Å². The Hall–Kier alpha value is -10.2. The Balaban J connectivity index is 1.02. The molecule has 4 saturated heterocycles. The van der Waals surface area contributed by atoms with Crippen molar-refractivity contribution in [3.8, 4) is 12.1 Å². The summed E-state index contributed by atoms with van der Waals surface area (Å²) < 4.78 is 26.3. The van der Waals surface area contributed by atoms with Crippen LogP contribution < -0.4 is 0 Å². The summed E-state index contributed by atoms with van der Waals surface area (Å²) in [7, 11) is 0. The Kier molecular flexibility index (Phi) is 22.5. The summed E-state index contributed by atoms with van der Waals surface area (Å²) in [4.78, 5) is 80.4. The van der Waals surface area contributed by atoms with E-state index in [1.54, 1.807) is 0 Å². The Morgan fingerprint density at radius 1 is 0.362 bits per heavy atom. The van der Waals surface area contributed by atoms with Gasteiger partial charge in [-0.1, -0.05) is 177 Å². The highest BCUT2D eigenvalue weighted by atomic mass is 16.6. The van der Waals surface area contributed by atoms with Crippen molar-refractivity contribution in [2.75, 3.05) is 78.8 Å². The molecule has 0 saturated carbocycles. The lowest BCUT2D eigenvalue weighted by atomic mass is 9.71. The van der Waals surface area contributed by atoms with Crippen LogP contribution in [0.25, 0.3) is 32.0 Å². The zero-order chi connectivity index (χ0) is 74.3. The van der Waals surface area contributed by atoms with Gasteiger partial charge in [0.25, 0.3) is 11.4 Å². The number of allylic oxidation sites excluding steroid dienone is 12. The maximum atomic E-state index is 15.7. The van der Waals surface area contributed by atoms with E-state index in [9.17, 15) is 10.5 Å². The number of esters is 4. The quantitative estimate of drug-likeness (QED) is 0.0269. The van der Waals surface area contributed by atoms with E-state index in [-0.39, 0.29) is 22.5 Å². The van der Waals surface area contributed by atoms with E-state index in [1.165, 1.54) is 0 Å². The summed E-state index contributed by atoms with van der Waals surface area (Å²) >= 11 is 0. The molecule has 16 heteroatoms. The summed E-state index contributed by atoms with van der Waals surface area (Å²) in [6, 6.07) is 43.6. The fourth-order valence-corrected chi connectivity index (χ4v) is 17.4. The molecule has 0 bridgehead atoms. The van der Waals surface area contributed by atoms with Crippen LogP contribution in [0.2, 0.25) is 0 Å². The Morgan fingerprint density at radius 3 is 0.810 bits per heavy atom. The molecule has 4 aliphatic heterocycles. The largest absolute Gasteiger partial charge is 0.470 e. The predicted octanol–water partition coefficient (Wildman–Crippen LogP) is 17.4. The van der Waals surface area contributed by atoms with Crippen molar-refractivity contribution in [3.05, 3.63) is 234 Å². The van der Waals surface area contributed by atoms with Crippen LogP contribution >= 0.6 is 0 Å². The van der Waals surface area contributed by atoms with Crippen molar-refractivity contribution in [1.82, 2.24) is 19.6 Å². The van der Waals surface area contributed by atoms with Gasteiger partial charge in [-0.15, -0.1) is 0 Å². The number of nitriles is 2. The number of hydrogen-bond acceptors (Lipinski definition) is 14. The van der Waals surface area contributed by atoms with Crippen molar-refractivity contribution >= 4 is 46.2 Å². The second-order valence-electron chi connectivity index (χ2n) is 33.2. The van der Waals surface area contributed by atoms with Crippen molar-refractivity contribution in [1.29, 1.82) is 10.5 Å². The standard InChI is InChI=1S/C89H100N8O8/c1-85(2)47-65(75(61-31-15-11-16-32-61)71(51-85)94-39-23-24-40-94)69(55-90)81(98)102-57-89(58-103-82(99)70(56-91)66-48-86(3,4)52-72(95-41-25-26-42-95)76(66)62-33-17-12-18-34-62,59-104-83(100)79(92-9)67-49-87(5,6)53-73(96-43-27-28-44-96)77(67)63-35-19-13-20-36-63)60-105-84(101)80(93-10)68-50-88(7,8)54-74(97-45-29-30-46-97)78(68)64-37-21-14-22-38-64/h11-22,31-38H,23-30,39-54,57-60H2,1-8H3/b69-65+,70-66+,79-67-,80-68+. The normalized spacial score (nSPS) is 22.0. The summed E-state index contributed by atoms with van der Waals surface area (Å²) in [5, 5.41) is 23.1. The van der Waals surface area contributed by atoms with Crippen molar-refractivity contribution < 1.29 is 38.1 Å². The third-order valence-electron chi connectivity index (χ3n) is 22.2. The van der Waals surface area contributed by atoms with Crippen LogP contribution in [-0.2, 0) is 38.1 Å². The molecule has 0 unspecified atom stereocenters. The minimum Gasteiger partial charge on any atom is -0.470 e. The number of rotatable bonds is 20. The maximum Gasteiger partial charge on any atom is 0.349 e. The van der Waals surface area contributed by atoms with Gasteiger partial charge in [0.1, 0.15) is 55.1 Å². The first-order valence-corrected chi connectivity index (χ1v) is 37.8. The van der Waals surface area contributed by atoms with Gasteiger partial charge in [0.15, 0.2) is 0 Å².